The maximum absolute atomic E-state index is 12.2. The van der Waals surface area contributed by atoms with E-state index in [0.29, 0.717) is 25.1 Å². The first kappa shape index (κ1) is 11.3. The average Bonchev–Trinajstić information content (AvgIpc) is 3.03. The van der Waals surface area contributed by atoms with Crippen LogP contribution in [0.15, 0.2) is 23.0 Å². The summed E-state index contributed by atoms with van der Waals surface area (Å²) in [5.41, 5.74) is -0.213. The van der Waals surface area contributed by atoms with Gasteiger partial charge in [0.1, 0.15) is 6.26 Å². The number of carboxylic acid groups (broad SMARTS) is 1. The van der Waals surface area contributed by atoms with Crippen molar-refractivity contribution in [3.05, 3.63) is 24.2 Å². The van der Waals surface area contributed by atoms with Crippen LogP contribution in [0.5, 0.6) is 0 Å². The Hall–Kier alpha value is -1.78. The molecule has 1 N–H and O–H groups in total. The second kappa shape index (κ2) is 3.86. The Morgan fingerprint density at radius 2 is 2.33 bits per heavy atom. The monoisotopic (exact) mass is 249 g/mol. The lowest BCUT2D eigenvalue weighted by molar-refractivity contribution is -0.149. The van der Waals surface area contributed by atoms with Crippen LogP contribution in [-0.2, 0) is 4.79 Å². The number of hydrogen-bond acceptors (Lipinski definition) is 3. The van der Waals surface area contributed by atoms with Crippen molar-refractivity contribution in [1.29, 1.82) is 0 Å². The van der Waals surface area contributed by atoms with Crippen molar-refractivity contribution in [2.45, 2.75) is 19.3 Å². The number of carbonyl (C=O) groups is 2. The normalized spacial score (nSPS) is 30.4. The zero-order valence-electron chi connectivity index (χ0n) is 9.96. The SMILES string of the molecule is O=C(c1ccoc1)N1C[C@@H]2CCC[C@@]2(C(=O)O)C1. The van der Waals surface area contributed by atoms with Gasteiger partial charge in [0.25, 0.3) is 5.91 Å². The molecule has 1 aromatic heterocycles. The summed E-state index contributed by atoms with van der Waals surface area (Å²) in [5, 5.41) is 9.45. The molecule has 2 atom stereocenters. The number of fused-ring (bicyclic) bond motifs is 1. The molecule has 5 heteroatoms. The molecule has 2 heterocycles. The van der Waals surface area contributed by atoms with E-state index in [4.69, 9.17) is 4.42 Å². The average molecular weight is 249 g/mol. The number of hydrogen-bond donors (Lipinski definition) is 1. The van der Waals surface area contributed by atoms with Gasteiger partial charge in [0, 0.05) is 13.1 Å². The van der Waals surface area contributed by atoms with E-state index in [1.54, 1.807) is 11.0 Å². The number of nitrogens with zero attached hydrogens (tertiary/aromatic N) is 1. The molecule has 96 valence electrons. The Morgan fingerprint density at radius 1 is 1.50 bits per heavy atom. The number of furan rings is 1. The molecule has 3 rings (SSSR count). The van der Waals surface area contributed by atoms with Crippen LogP contribution in [0, 0.1) is 11.3 Å². The predicted octanol–water partition coefficient (Wildman–Crippen LogP) is 1.61. The van der Waals surface area contributed by atoms with Gasteiger partial charge in [0.05, 0.1) is 17.2 Å². The Balaban J connectivity index is 1.83. The first-order valence-electron chi connectivity index (χ1n) is 6.18. The van der Waals surface area contributed by atoms with Crippen LogP contribution in [-0.4, -0.2) is 35.0 Å². The van der Waals surface area contributed by atoms with Crippen LogP contribution in [0.25, 0.3) is 0 Å². The van der Waals surface area contributed by atoms with Crippen molar-refractivity contribution in [2.24, 2.45) is 11.3 Å². The second-order valence-corrected chi connectivity index (χ2v) is 5.25. The lowest BCUT2D eigenvalue weighted by Gasteiger charge is -2.23. The summed E-state index contributed by atoms with van der Waals surface area (Å²) in [5.74, 6) is -0.780. The summed E-state index contributed by atoms with van der Waals surface area (Å²) in [6, 6.07) is 1.61. The molecule has 0 aromatic carbocycles. The van der Waals surface area contributed by atoms with E-state index in [9.17, 15) is 14.7 Å². The van der Waals surface area contributed by atoms with Crippen molar-refractivity contribution < 1.29 is 19.1 Å². The van der Waals surface area contributed by atoms with Gasteiger partial charge in [0.15, 0.2) is 0 Å². The minimum atomic E-state index is -0.757. The standard InChI is InChI=1S/C13H15NO4/c15-11(9-3-5-18-7-9)14-6-10-2-1-4-13(10,8-14)12(16)17/h3,5,7,10H,1-2,4,6,8H2,(H,16,17)/t10-,13+/m0/s1. The van der Waals surface area contributed by atoms with Crippen LogP contribution in [0.1, 0.15) is 29.6 Å². The van der Waals surface area contributed by atoms with Gasteiger partial charge in [-0.2, -0.15) is 0 Å². The zero-order valence-corrected chi connectivity index (χ0v) is 9.96. The van der Waals surface area contributed by atoms with E-state index in [2.05, 4.69) is 0 Å². The van der Waals surface area contributed by atoms with Gasteiger partial charge in [-0.05, 0) is 24.8 Å². The molecule has 1 saturated heterocycles. The quantitative estimate of drug-likeness (QED) is 0.864. The number of carboxylic acids is 1. The van der Waals surface area contributed by atoms with Gasteiger partial charge in [0.2, 0.25) is 0 Å². The number of aliphatic carboxylic acids is 1. The van der Waals surface area contributed by atoms with Crippen LogP contribution < -0.4 is 0 Å². The van der Waals surface area contributed by atoms with E-state index in [-0.39, 0.29) is 11.8 Å². The first-order valence-corrected chi connectivity index (χ1v) is 6.18. The Kier molecular flexibility index (Phi) is 2.43. The molecule has 0 radical (unpaired) electrons. The largest absolute Gasteiger partial charge is 0.481 e. The summed E-state index contributed by atoms with van der Waals surface area (Å²) in [7, 11) is 0. The van der Waals surface area contributed by atoms with Crippen molar-refractivity contribution in [3.8, 4) is 0 Å². The fraction of sp³-hybridized carbons (Fsp3) is 0.538. The number of carbonyl (C=O) groups excluding carboxylic acids is 1. The van der Waals surface area contributed by atoms with E-state index in [1.807, 2.05) is 0 Å². The topological polar surface area (TPSA) is 70.8 Å². The number of rotatable bonds is 2. The van der Waals surface area contributed by atoms with Crippen molar-refractivity contribution >= 4 is 11.9 Å². The number of likely N-dealkylation sites (tertiary alicyclic amines) is 1. The molecule has 1 aliphatic heterocycles. The Bertz CT molecular complexity index is 481. The molecule has 18 heavy (non-hydrogen) atoms. The molecule has 1 aliphatic carbocycles. The van der Waals surface area contributed by atoms with Gasteiger partial charge in [-0.15, -0.1) is 0 Å². The Labute approximate surface area is 104 Å². The Morgan fingerprint density at radius 3 is 2.94 bits per heavy atom. The predicted molar refractivity (Wildman–Crippen MR) is 62.0 cm³/mol. The fourth-order valence-electron chi connectivity index (χ4n) is 3.36. The lowest BCUT2D eigenvalue weighted by Crippen LogP contribution is -2.37. The van der Waals surface area contributed by atoms with Crippen molar-refractivity contribution in [3.63, 3.8) is 0 Å². The maximum atomic E-state index is 12.2. The highest BCUT2D eigenvalue weighted by Crippen LogP contribution is 2.49. The lowest BCUT2D eigenvalue weighted by atomic mass is 9.81. The van der Waals surface area contributed by atoms with Crippen LogP contribution in [0.3, 0.4) is 0 Å². The zero-order chi connectivity index (χ0) is 12.8. The maximum Gasteiger partial charge on any atom is 0.311 e. The molecule has 5 nitrogen and oxygen atoms in total. The smallest absolute Gasteiger partial charge is 0.311 e. The summed E-state index contributed by atoms with van der Waals surface area (Å²) < 4.78 is 4.90. The molecule has 2 fully saturated rings. The molecule has 1 amide bonds. The molecular formula is C13H15NO4. The third kappa shape index (κ3) is 1.46. The highest BCUT2D eigenvalue weighted by molar-refractivity contribution is 5.94. The van der Waals surface area contributed by atoms with Crippen LogP contribution in [0.2, 0.25) is 0 Å². The minimum absolute atomic E-state index is 0.103. The van der Waals surface area contributed by atoms with Crippen LogP contribution in [0.4, 0.5) is 0 Å². The molecule has 1 saturated carbocycles. The summed E-state index contributed by atoms with van der Waals surface area (Å²) in [4.78, 5) is 25.3. The van der Waals surface area contributed by atoms with Crippen LogP contribution >= 0.6 is 0 Å². The highest BCUT2D eigenvalue weighted by atomic mass is 16.4. The molecular weight excluding hydrogens is 234 g/mol. The summed E-state index contributed by atoms with van der Waals surface area (Å²) >= 11 is 0. The van der Waals surface area contributed by atoms with Crippen molar-refractivity contribution in [1.82, 2.24) is 4.90 Å². The minimum Gasteiger partial charge on any atom is -0.481 e. The third-order valence-corrected chi connectivity index (χ3v) is 4.35. The van der Waals surface area contributed by atoms with E-state index in [1.165, 1.54) is 12.5 Å². The van der Waals surface area contributed by atoms with E-state index < -0.39 is 11.4 Å². The fourth-order valence-corrected chi connectivity index (χ4v) is 3.36. The van der Waals surface area contributed by atoms with Gasteiger partial charge in [-0.1, -0.05) is 6.42 Å². The second-order valence-electron chi connectivity index (χ2n) is 5.25. The third-order valence-electron chi connectivity index (χ3n) is 4.35. The molecule has 0 spiro atoms. The number of amides is 1. The highest BCUT2D eigenvalue weighted by Gasteiger charge is 2.55. The summed E-state index contributed by atoms with van der Waals surface area (Å²) in [6.07, 6.45) is 5.40. The van der Waals surface area contributed by atoms with Crippen molar-refractivity contribution in [2.75, 3.05) is 13.1 Å². The van der Waals surface area contributed by atoms with Gasteiger partial charge < -0.3 is 14.4 Å². The van der Waals surface area contributed by atoms with E-state index >= 15 is 0 Å². The molecule has 1 aromatic rings. The van der Waals surface area contributed by atoms with Gasteiger partial charge >= 0.3 is 5.97 Å². The molecule has 2 aliphatic rings. The summed E-state index contributed by atoms with van der Waals surface area (Å²) in [6.45, 7) is 0.882. The van der Waals surface area contributed by atoms with Gasteiger partial charge in [-0.25, -0.2) is 0 Å². The van der Waals surface area contributed by atoms with Gasteiger partial charge in [-0.3, -0.25) is 9.59 Å². The molecule has 0 bridgehead atoms. The first-order chi connectivity index (χ1) is 8.63. The van der Waals surface area contributed by atoms with E-state index in [0.717, 1.165) is 12.8 Å². The molecule has 0 unspecified atom stereocenters.